The van der Waals surface area contributed by atoms with Crippen LogP contribution in [0.3, 0.4) is 0 Å². The monoisotopic (exact) mass is 431 g/mol. The van der Waals surface area contributed by atoms with Crippen LogP contribution in [0.25, 0.3) is 0 Å². The Hall–Kier alpha value is -1.38. The maximum atomic E-state index is 11.6. The largest absolute Gasteiger partial charge is 0.426 e. The summed E-state index contributed by atoms with van der Waals surface area (Å²) in [6.45, 7) is 14.9. The fourth-order valence-corrected chi connectivity index (χ4v) is 1.04. The van der Waals surface area contributed by atoms with Crippen molar-refractivity contribution in [3.8, 4) is 10.7 Å². The van der Waals surface area contributed by atoms with Crippen molar-refractivity contribution in [2.75, 3.05) is 0 Å². The zero-order chi connectivity index (χ0) is 20.4. The van der Waals surface area contributed by atoms with Gasteiger partial charge in [0.2, 0.25) is 5.24 Å². The zero-order valence-electron chi connectivity index (χ0n) is 16.2. The molecule has 0 spiro atoms. The van der Waals surface area contributed by atoms with Gasteiger partial charge < -0.3 is 4.74 Å². The first-order chi connectivity index (χ1) is 11.2. The molecule has 6 heteroatoms. The Morgan fingerprint density at radius 1 is 1.04 bits per heavy atom. The van der Waals surface area contributed by atoms with Gasteiger partial charge in [0.15, 0.2) is 0 Å². The molecule has 0 bridgehead atoms. The van der Waals surface area contributed by atoms with E-state index in [1.165, 1.54) is 5.56 Å². The van der Waals surface area contributed by atoms with Gasteiger partial charge in [0, 0.05) is 21.3 Å². The number of nitriles is 1. The lowest BCUT2D eigenvalue weighted by molar-refractivity contribution is -0.143. The van der Waals surface area contributed by atoms with Crippen molar-refractivity contribution < 1.29 is 14.3 Å². The summed E-state index contributed by atoms with van der Waals surface area (Å²) in [6.07, 6.45) is 0. The molecule has 1 aromatic carbocycles. The van der Waals surface area contributed by atoms with Crippen LogP contribution < -0.4 is 4.74 Å². The second-order valence-corrected chi connectivity index (χ2v) is 8.19. The van der Waals surface area contributed by atoms with Crippen LogP contribution in [0.1, 0.15) is 52.7 Å². The molecule has 0 saturated heterocycles. The molecule has 0 heterocycles. The minimum Gasteiger partial charge on any atom is -0.426 e. The minimum atomic E-state index is -0.460. The highest BCUT2D eigenvalue weighted by Crippen LogP contribution is 2.21. The van der Waals surface area contributed by atoms with Crippen molar-refractivity contribution >= 4 is 38.7 Å². The maximum absolute atomic E-state index is 11.6. The van der Waals surface area contributed by atoms with E-state index in [1.807, 2.05) is 52.8 Å². The second-order valence-electron chi connectivity index (χ2n) is 7.49. The highest BCUT2D eigenvalue weighted by Gasteiger charge is 2.23. The first-order valence-corrected chi connectivity index (χ1v) is 8.83. The van der Waals surface area contributed by atoms with Crippen LogP contribution in [0.15, 0.2) is 18.2 Å². The van der Waals surface area contributed by atoms with Gasteiger partial charge in [-0.1, -0.05) is 26.8 Å². The predicted octanol–water partition coefficient (Wildman–Crippen LogP) is 5.92. The van der Waals surface area contributed by atoms with Gasteiger partial charge in [0.1, 0.15) is 10.7 Å². The molecule has 0 fully saturated rings. The van der Waals surface area contributed by atoms with Crippen LogP contribution >= 0.6 is 27.5 Å². The van der Waals surface area contributed by atoms with E-state index >= 15 is 0 Å². The molecule has 140 valence electrons. The number of aryl methyl sites for hydroxylation is 2. The summed E-state index contributed by atoms with van der Waals surface area (Å²) in [5, 5.41) is 6.95. The van der Waals surface area contributed by atoms with Crippen LogP contribution in [0.4, 0.5) is 0 Å². The van der Waals surface area contributed by atoms with E-state index in [0.717, 1.165) is 5.56 Å². The molecule has 1 aromatic rings. The Morgan fingerprint density at radius 3 is 1.72 bits per heavy atom. The third-order valence-electron chi connectivity index (χ3n) is 2.89. The van der Waals surface area contributed by atoms with E-state index in [1.54, 1.807) is 25.7 Å². The lowest BCUT2D eigenvalue weighted by Gasteiger charge is -2.16. The van der Waals surface area contributed by atoms with Crippen molar-refractivity contribution in [2.45, 2.75) is 55.4 Å². The highest BCUT2D eigenvalue weighted by atomic mass is 79.9. The van der Waals surface area contributed by atoms with Crippen molar-refractivity contribution in [3.05, 3.63) is 29.3 Å². The summed E-state index contributed by atoms with van der Waals surface area (Å²) < 4.78 is 5.28. The Kier molecular flexibility index (Phi) is 11.7. The Balaban J connectivity index is 0. The number of rotatable bonds is 1. The molecule has 25 heavy (non-hydrogen) atoms. The third kappa shape index (κ3) is 12.6. The summed E-state index contributed by atoms with van der Waals surface area (Å²) in [5.74, 6) is 0.420. The summed E-state index contributed by atoms with van der Waals surface area (Å²) in [7, 11) is 0. The molecule has 0 aliphatic heterocycles. The van der Waals surface area contributed by atoms with Crippen molar-refractivity contribution in [3.63, 3.8) is 0 Å². The Morgan fingerprint density at radius 2 is 1.44 bits per heavy atom. The van der Waals surface area contributed by atoms with E-state index in [0.29, 0.717) is 5.75 Å². The first-order valence-electron chi connectivity index (χ1n) is 7.66. The molecular weight excluding hydrogens is 406 g/mol. The molecule has 0 aliphatic carbocycles. The number of hydrogen-bond donors (Lipinski definition) is 0. The summed E-state index contributed by atoms with van der Waals surface area (Å²) in [4.78, 5) is 23.4. The van der Waals surface area contributed by atoms with Gasteiger partial charge in [-0.25, -0.2) is 0 Å². The molecule has 0 amide bonds. The fourth-order valence-electron chi connectivity index (χ4n) is 1.04. The topological polar surface area (TPSA) is 67.2 Å². The van der Waals surface area contributed by atoms with Crippen LogP contribution in [0.2, 0.25) is 0 Å². The number of hydrogen-bond acceptors (Lipinski definition) is 4. The van der Waals surface area contributed by atoms with Crippen LogP contribution in [0, 0.1) is 34.9 Å². The third-order valence-corrected chi connectivity index (χ3v) is 3.46. The lowest BCUT2D eigenvalue weighted by atomic mass is 9.97. The van der Waals surface area contributed by atoms with Gasteiger partial charge >= 0.3 is 5.97 Å². The van der Waals surface area contributed by atoms with Crippen molar-refractivity contribution in [1.29, 1.82) is 5.26 Å². The van der Waals surface area contributed by atoms with E-state index in [2.05, 4.69) is 15.9 Å². The van der Waals surface area contributed by atoms with Gasteiger partial charge in [-0.3, -0.25) is 9.59 Å². The van der Waals surface area contributed by atoms with Gasteiger partial charge in [-0.15, -0.1) is 0 Å². The molecule has 0 radical (unpaired) electrons. The van der Waals surface area contributed by atoms with Gasteiger partial charge in [0.25, 0.3) is 0 Å². The van der Waals surface area contributed by atoms with E-state index in [9.17, 15) is 9.59 Å². The SMILES string of the molecule is CC(C)(C)C(=O)Cl.Cc1ccc(OC(=O)C(C)(C)C)cc1C.N#CBr. The molecule has 0 aliphatic rings. The number of benzene rings is 1. The van der Waals surface area contributed by atoms with E-state index in [4.69, 9.17) is 21.6 Å². The molecular formula is C19H27BrClNO3. The maximum Gasteiger partial charge on any atom is 0.316 e. The Bertz CT molecular complexity index is 623. The summed E-state index contributed by atoms with van der Waals surface area (Å²) >= 11 is 7.57. The molecule has 1 rings (SSSR count). The number of nitrogens with zero attached hydrogens (tertiary/aromatic N) is 1. The zero-order valence-corrected chi connectivity index (χ0v) is 18.5. The summed E-state index contributed by atoms with van der Waals surface area (Å²) in [5.41, 5.74) is 1.50. The number of esters is 1. The quantitative estimate of drug-likeness (QED) is 0.314. The molecule has 0 aromatic heterocycles. The van der Waals surface area contributed by atoms with E-state index in [-0.39, 0.29) is 16.6 Å². The van der Waals surface area contributed by atoms with Crippen LogP contribution in [-0.2, 0) is 9.59 Å². The molecule has 0 N–H and O–H groups in total. The second kappa shape index (κ2) is 11.3. The first kappa shape index (κ1) is 25.9. The minimum absolute atomic E-state index is 0.203. The molecule has 4 nitrogen and oxygen atoms in total. The summed E-state index contributed by atoms with van der Waals surface area (Å²) in [6, 6.07) is 5.67. The normalized spacial score (nSPS) is 10.3. The predicted molar refractivity (Wildman–Crippen MR) is 106 cm³/mol. The van der Waals surface area contributed by atoms with Gasteiger partial charge in [-0.2, -0.15) is 5.26 Å². The average Bonchev–Trinajstić information content (AvgIpc) is 2.42. The lowest BCUT2D eigenvalue weighted by Crippen LogP contribution is -2.25. The van der Waals surface area contributed by atoms with Crippen molar-refractivity contribution in [2.24, 2.45) is 10.8 Å². The van der Waals surface area contributed by atoms with Crippen LogP contribution in [-0.4, -0.2) is 11.2 Å². The van der Waals surface area contributed by atoms with Gasteiger partial charge in [0.05, 0.1) is 5.41 Å². The fraction of sp³-hybridized carbons (Fsp3) is 0.526. The smallest absolute Gasteiger partial charge is 0.316 e. The average molecular weight is 433 g/mol. The number of carbonyl (C=O) groups is 2. The van der Waals surface area contributed by atoms with Gasteiger partial charge in [-0.05, 0) is 69.5 Å². The molecule has 0 saturated carbocycles. The highest BCUT2D eigenvalue weighted by molar-refractivity contribution is 9.12. The van der Waals surface area contributed by atoms with E-state index < -0.39 is 5.41 Å². The van der Waals surface area contributed by atoms with Crippen molar-refractivity contribution in [1.82, 2.24) is 0 Å². The molecule has 0 atom stereocenters. The van der Waals surface area contributed by atoms with Crippen LogP contribution in [0.5, 0.6) is 5.75 Å². The molecule has 0 unspecified atom stereocenters. The number of carbonyl (C=O) groups excluding carboxylic acids is 2. The number of halogens is 2. The standard InChI is InChI=1S/C13H18O2.C5H9ClO.CBrN/c1-9-6-7-11(8-10(9)2)15-12(14)13(3,4)5;1-5(2,3)4(6)7;2-1-3/h6-8H,1-5H3;1-3H3;. The number of ether oxygens (including phenoxy) is 1. The Labute approximate surface area is 164 Å².